The third-order valence-electron chi connectivity index (χ3n) is 4.15. The van der Waals surface area contributed by atoms with Crippen LogP contribution in [0.3, 0.4) is 0 Å². The van der Waals surface area contributed by atoms with Crippen LogP contribution >= 0.6 is 10.2 Å². The molecule has 2 N–H and O–H groups in total. The van der Waals surface area contributed by atoms with Crippen LogP contribution in [0.4, 0.5) is 32.6 Å². The Morgan fingerprint density at radius 3 is 2.32 bits per heavy atom. The van der Waals surface area contributed by atoms with E-state index in [0.717, 1.165) is 18.7 Å². The average molecular weight is 510 g/mol. The number of carbonyl (C=O) groups is 1. The van der Waals surface area contributed by atoms with Crippen molar-refractivity contribution in [1.82, 2.24) is 19.7 Å². The molecule has 3 aromatic rings. The lowest BCUT2D eigenvalue weighted by molar-refractivity contribution is -0.137. The summed E-state index contributed by atoms with van der Waals surface area (Å²) in [6.45, 7) is 0. The van der Waals surface area contributed by atoms with E-state index in [-0.39, 0.29) is 28.8 Å². The first-order chi connectivity index (χ1) is 15.4. The number of primary amides is 1. The molecule has 2 heterocycles. The van der Waals surface area contributed by atoms with E-state index in [1.54, 1.807) is 6.07 Å². The highest BCUT2D eigenvalue weighted by molar-refractivity contribution is 8.45. The number of hydrogen-bond donors (Lipinski definition) is 1. The second kappa shape index (κ2) is 7.25. The van der Waals surface area contributed by atoms with Crippen LogP contribution in [0.1, 0.15) is 16.7 Å². The van der Waals surface area contributed by atoms with E-state index in [4.69, 9.17) is 11.0 Å². The van der Waals surface area contributed by atoms with Crippen molar-refractivity contribution in [2.24, 2.45) is 5.73 Å². The molecule has 0 fully saturated rings. The predicted octanol–water partition coefficient (Wildman–Crippen LogP) is 5.37. The lowest BCUT2D eigenvalue weighted by Crippen LogP contribution is -2.14. The first-order valence-electron chi connectivity index (χ1n) is 8.62. The number of alkyl halides is 3. The van der Waals surface area contributed by atoms with E-state index in [1.165, 1.54) is 12.3 Å². The van der Waals surface area contributed by atoms with Crippen molar-refractivity contribution in [3.05, 3.63) is 59.7 Å². The number of amides is 1. The van der Waals surface area contributed by atoms with Gasteiger partial charge >= 0.3 is 16.4 Å². The number of nitriles is 1. The quantitative estimate of drug-likeness (QED) is 0.367. The van der Waals surface area contributed by atoms with Gasteiger partial charge in [0, 0.05) is 29.7 Å². The van der Waals surface area contributed by atoms with Crippen LogP contribution in [0.5, 0.6) is 0 Å². The van der Waals surface area contributed by atoms with Crippen molar-refractivity contribution in [1.29, 1.82) is 5.26 Å². The normalized spacial score (nSPS) is 14.7. The van der Waals surface area contributed by atoms with Gasteiger partial charge in [0.05, 0.1) is 16.7 Å². The minimum Gasteiger partial charge on any atom is -0.366 e. The van der Waals surface area contributed by atoms with Gasteiger partial charge in [-0.1, -0.05) is 19.4 Å². The molecular weight excluding hydrogens is 500 g/mol. The van der Waals surface area contributed by atoms with Crippen molar-refractivity contribution < 1.29 is 37.4 Å². The first-order valence-corrected chi connectivity index (χ1v) is 10.6. The van der Waals surface area contributed by atoms with Crippen LogP contribution in [0, 0.1) is 11.3 Å². The lowest BCUT2D eigenvalue weighted by Gasteiger charge is -2.40. The number of carbonyl (C=O) groups excluding carboxylic acids is 1. The zero-order valence-corrected chi connectivity index (χ0v) is 17.1. The highest BCUT2D eigenvalue weighted by atomic mass is 32.5. The van der Waals surface area contributed by atoms with Crippen LogP contribution in [-0.2, 0) is 11.0 Å². The number of benzene rings is 1. The summed E-state index contributed by atoms with van der Waals surface area (Å²) >= 11 is 0. The van der Waals surface area contributed by atoms with Crippen LogP contribution < -0.4 is 5.73 Å². The largest absolute Gasteiger partial charge is 0.416 e. The van der Waals surface area contributed by atoms with Gasteiger partial charge in [-0.3, -0.25) is 9.78 Å². The second-order valence-electron chi connectivity index (χ2n) is 6.74. The molecule has 7 nitrogen and oxygen atoms in total. The van der Waals surface area contributed by atoms with Gasteiger partial charge in [-0.15, -0.1) is 5.10 Å². The maximum atomic E-state index is 13.2. The van der Waals surface area contributed by atoms with Crippen molar-refractivity contribution >= 4 is 27.9 Å². The van der Waals surface area contributed by atoms with Crippen LogP contribution in [-0.4, -0.2) is 25.7 Å². The molecule has 2 aromatic heterocycles. The summed E-state index contributed by atoms with van der Waals surface area (Å²) in [5.41, 5.74) is 2.10. The molecule has 16 heteroatoms. The fourth-order valence-electron chi connectivity index (χ4n) is 2.64. The fourth-order valence-corrected chi connectivity index (χ4v) is 3.34. The number of aromatic nitrogens is 4. The van der Waals surface area contributed by atoms with E-state index in [9.17, 15) is 37.4 Å². The molecule has 0 aliphatic heterocycles. The Hall–Kier alpha value is -4.00. The third kappa shape index (κ3) is 5.49. The molecule has 34 heavy (non-hydrogen) atoms. The van der Waals surface area contributed by atoms with Gasteiger partial charge in [0.2, 0.25) is 0 Å². The summed E-state index contributed by atoms with van der Waals surface area (Å²) < 4.78 is 106. The highest BCUT2D eigenvalue weighted by Gasteiger charge is 2.66. The molecule has 180 valence electrons. The zero-order valence-electron chi connectivity index (χ0n) is 16.3. The Labute approximate surface area is 184 Å². The molecule has 0 radical (unpaired) electrons. The fraction of sp³-hybridized carbons (Fsp3) is 0.0556. The van der Waals surface area contributed by atoms with Gasteiger partial charge in [-0.25, -0.2) is 9.67 Å². The second-order valence-corrected chi connectivity index (χ2v) is 9.15. The lowest BCUT2D eigenvalue weighted by atomic mass is 10.1. The standard InChI is InChI=1S/C18H10F8N6OS/c19-18(20,21)13-2-11(3-14(4-13)34(22,23,24,25)26)17-30-9-32(31-17)8-15(16(28)33)12-1-10(5-27)6-29-7-12/h1-4,6-9H,(H2,28,33)/b15-8+. The summed E-state index contributed by atoms with van der Waals surface area (Å²) in [6, 6.07) is 2.29. The SMILES string of the molecule is N#Cc1cncc(/C(=C\n2cnc(-c3cc(C(F)(F)F)cc(S(F)(F)(F)(F)F)c3)n2)C(N)=O)c1. The molecule has 1 amide bonds. The van der Waals surface area contributed by atoms with Gasteiger partial charge in [0.25, 0.3) is 5.91 Å². The molecule has 0 spiro atoms. The number of nitrogens with two attached hydrogens (primary N) is 1. The Morgan fingerprint density at radius 2 is 1.76 bits per heavy atom. The van der Waals surface area contributed by atoms with Gasteiger partial charge in [-0.2, -0.15) is 18.4 Å². The van der Waals surface area contributed by atoms with Crippen LogP contribution in [0.2, 0.25) is 0 Å². The van der Waals surface area contributed by atoms with Gasteiger partial charge in [0.15, 0.2) is 5.82 Å². The van der Waals surface area contributed by atoms with Crippen molar-refractivity contribution in [3.63, 3.8) is 0 Å². The number of halogens is 8. The van der Waals surface area contributed by atoms with Gasteiger partial charge < -0.3 is 5.73 Å². The Balaban J connectivity index is 2.14. The zero-order chi connectivity index (χ0) is 25.6. The molecule has 0 atom stereocenters. The average Bonchev–Trinajstić information content (AvgIpc) is 3.18. The van der Waals surface area contributed by atoms with E-state index in [2.05, 4.69) is 15.1 Å². The Bertz CT molecular complexity index is 1370. The first kappa shape index (κ1) is 24.6. The molecule has 0 bridgehead atoms. The van der Waals surface area contributed by atoms with Crippen molar-refractivity contribution in [2.45, 2.75) is 11.1 Å². The third-order valence-corrected chi connectivity index (χ3v) is 5.28. The van der Waals surface area contributed by atoms with Crippen molar-refractivity contribution in [2.75, 3.05) is 0 Å². The topological polar surface area (TPSA) is 110 Å². The minimum atomic E-state index is -10.5. The summed E-state index contributed by atoms with van der Waals surface area (Å²) in [4.78, 5) is 16.3. The smallest absolute Gasteiger partial charge is 0.366 e. The molecule has 0 aliphatic rings. The molecule has 0 unspecified atom stereocenters. The molecular formula is C18H10F8N6OS. The number of rotatable bonds is 5. The van der Waals surface area contributed by atoms with E-state index in [1.807, 2.05) is 0 Å². The maximum Gasteiger partial charge on any atom is 0.416 e. The van der Waals surface area contributed by atoms with Crippen LogP contribution in [0.15, 0.2) is 47.9 Å². The molecule has 0 saturated heterocycles. The monoisotopic (exact) mass is 510 g/mol. The highest BCUT2D eigenvalue weighted by Crippen LogP contribution is 3.02. The Morgan fingerprint density at radius 1 is 1.09 bits per heavy atom. The van der Waals surface area contributed by atoms with Gasteiger partial charge in [0.1, 0.15) is 17.3 Å². The molecule has 3 rings (SSSR count). The summed E-state index contributed by atoms with van der Waals surface area (Å²) in [6.07, 6.45) is -1.34. The summed E-state index contributed by atoms with van der Waals surface area (Å²) in [5, 5.41) is 12.6. The Kier molecular flexibility index (Phi) is 5.25. The predicted molar refractivity (Wildman–Crippen MR) is 104 cm³/mol. The molecule has 0 aliphatic carbocycles. The van der Waals surface area contributed by atoms with E-state index < -0.39 is 50.2 Å². The number of hydrogen-bond acceptors (Lipinski definition) is 5. The number of nitrogens with zero attached hydrogens (tertiary/aromatic N) is 5. The van der Waals surface area contributed by atoms with E-state index in [0.29, 0.717) is 4.68 Å². The maximum absolute atomic E-state index is 13.2. The van der Waals surface area contributed by atoms with Crippen molar-refractivity contribution in [3.8, 4) is 17.5 Å². The minimum absolute atomic E-state index is 0.0471. The van der Waals surface area contributed by atoms with Gasteiger partial charge in [-0.05, 0) is 24.3 Å². The number of pyridine rings is 1. The van der Waals surface area contributed by atoms with Crippen LogP contribution in [0.25, 0.3) is 23.2 Å². The van der Waals surface area contributed by atoms with E-state index >= 15 is 0 Å². The molecule has 1 aromatic carbocycles. The molecule has 0 saturated carbocycles. The summed E-state index contributed by atoms with van der Waals surface area (Å²) in [5.74, 6) is -1.82. The summed E-state index contributed by atoms with van der Waals surface area (Å²) in [7, 11) is -10.5.